The molecule has 0 saturated heterocycles. The lowest BCUT2D eigenvalue weighted by Crippen LogP contribution is -2.88. The number of nitrogens with two attached hydrogens (primary N) is 1. The van der Waals surface area contributed by atoms with Gasteiger partial charge in [0.2, 0.25) is 0 Å². The molecule has 1 atom stereocenters. The highest BCUT2D eigenvalue weighted by Gasteiger charge is 2.24. The predicted octanol–water partition coefficient (Wildman–Crippen LogP) is 2.88. The van der Waals surface area contributed by atoms with Crippen LogP contribution in [0.25, 0.3) is 0 Å². The molecule has 0 aliphatic carbocycles. The van der Waals surface area contributed by atoms with Gasteiger partial charge in [0.25, 0.3) is 5.91 Å². The normalized spacial score (nSPS) is 12.0. The topological polar surface area (TPSA) is 54.9 Å². The highest BCUT2D eigenvalue weighted by molar-refractivity contribution is 6.35. The lowest BCUT2D eigenvalue weighted by Gasteiger charge is -2.16. The average Bonchev–Trinajstić information content (AvgIpc) is 2.51. The molecule has 0 aliphatic heterocycles. The van der Waals surface area contributed by atoms with Gasteiger partial charge in [0.05, 0.1) is 6.61 Å². The third-order valence-corrected chi connectivity index (χ3v) is 3.73. The summed E-state index contributed by atoms with van der Waals surface area (Å²) in [5.74, 6) is -0.134. The summed E-state index contributed by atoms with van der Waals surface area (Å²) in [6.45, 7) is 1.25. The fourth-order valence-electron chi connectivity index (χ4n) is 2.25. The van der Waals surface area contributed by atoms with Crippen molar-refractivity contribution in [3.63, 3.8) is 0 Å². The molecule has 1 amide bonds. The number of ether oxygens (including phenoxy) is 1. The molecule has 0 fully saturated rings. The Hall–Kier alpha value is -1.59. The summed E-state index contributed by atoms with van der Waals surface area (Å²) in [7, 11) is 1.64. The van der Waals surface area contributed by atoms with E-state index in [4.69, 9.17) is 27.9 Å². The fraction of sp³-hybridized carbons (Fsp3) is 0.235. The maximum absolute atomic E-state index is 12.7. The van der Waals surface area contributed by atoms with Gasteiger partial charge in [-0.05, 0) is 18.2 Å². The average molecular weight is 354 g/mol. The van der Waals surface area contributed by atoms with E-state index in [0.29, 0.717) is 28.9 Å². The summed E-state index contributed by atoms with van der Waals surface area (Å²) in [5, 5.41) is 5.77. The third-order valence-electron chi connectivity index (χ3n) is 3.30. The Kier molecular flexibility index (Phi) is 6.86. The minimum Gasteiger partial charge on any atom is -0.379 e. The molecule has 4 nitrogen and oxygen atoms in total. The quantitative estimate of drug-likeness (QED) is 0.752. The van der Waals surface area contributed by atoms with Crippen molar-refractivity contribution in [1.29, 1.82) is 0 Å². The Labute approximate surface area is 145 Å². The maximum Gasteiger partial charge on any atom is 0.287 e. The van der Waals surface area contributed by atoms with E-state index in [0.717, 1.165) is 5.56 Å². The highest BCUT2D eigenvalue weighted by atomic mass is 35.5. The van der Waals surface area contributed by atoms with Gasteiger partial charge in [-0.1, -0.05) is 53.5 Å². The van der Waals surface area contributed by atoms with E-state index < -0.39 is 0 Å². The highest BCUT2D eigenvalue weighted by Crippen LogP contribution is 2.23. The van der Waals surface area contributed by atoms with Crippen molar-refractivity contribution in [2.24, 2.45) is 0 Å². The van der Waals surface area contributed by atoms with Crippen molar-refractivity contribution in [1.82, 2.24) is 0 Å². The van der Waals surface area contributed by atoms with Gasteiger partial charge in [-0.25, -0.2) is 0 Å². The zero-order valence-corrected chi connectivity index (χ0v) is 14.3. The van der Waals surface area contributed by atoms with Crippen LogP contribution in [0.15, 0.2) is 48.5 Å². The summed E-state index contributed by atoms with van der Waals surface area (Å²) < 4.78 is 5.06. The molecule has 2 aromatic rings. The number of carbonyl (C=O) groups is 1. The number of benzene rings is 2. The van der Waals surface area contributed by atoms with Crippen molar-refractivity contribution >= 4 is 34.8 Å². The van der Waals surface area contributed by atoms with Crippen molar-refractivity contribution in [3.8, 4) is 0 Å². The van der Waals surface area contributed by atoms with Crippen LogP contribution in [0.3, 0.4) is 0 Å². The van der Waals surface area contributed by atoms with Gasteiger partial charge in [-0.3, -0.25) is 4.79 Å². The van der Waals surface area contributed by atoms with E-state index >= 15 is 0 Å². The van der Waals surface area contributed by atoms with Crippen molar-refractivity contribution in [2.45, 2.75) is 6.04 Å². The molecule has 0 spiro atoms. The van der Waals surface area contributed by atoms with E-state index in [1.165, 1.54) is 0 Å². The number of carbonyl (C=O) groups excluding carboxylic acids is 1. The largest absolute Gasteiger partial charge is 0.379 e. The van der Waals surface area contributed by atoms with Crippen LogP contribution in [0.1, 0.15) is 11.6 Å². The molecule has 122 valence electrons. The van der Waals surface area contributed by atoms with Gasteiger partial charge in [0.1, 0.15) is 6.54 Å². The lowest BCUT2D eigenvalue weighted by atomic mass is 10.1. The standard InChI is InChI=1S/C17H18Cl2N2O2/c1-23-8-7-20-16(12-5-3-2-4-6-12)17(22)21-15-10-13(18)9-14(19)11-15/h2-6,9-11,16,20H,7-8H2,1H3,(H,21,22)/p+1/t16-/m1/s1. The number of quaternary nitrogens is 1. The van der Waals surface area contributed by atoms with Crippen molar-refractivity contribution in [2.75, 3.05) is 25.6 Å². The Morgan fingerprint density at radius 3 is 2.43 bits per heavy atom. The Morgan fingerprint density at radius 1 is 1.17 bits per heavy atom. The Balaban J connectivity index is 2.15. The van der Waals surface area contributed by atoms with Gasteiger partial charge in [0, 0.05) is 28.4 Å². The van der Waals surface area contributed by atoms with Crippen molar-refractivity contribution < 1.29 is 14.8 Å². The molecule has 0 aliphatic rings. The Bertz CT molecular complexity index is 630. The number of nitrogens with one attached hydrogen (secondary N) is 1. The lowest BCUT2D eigenvalue weighted by molar-refractivity contribution is -0.683. The van der Waals surface area contributed by atoms with Gasteiger partial charge < -0.3 is 15.4 Å². The molecule has 6 heteroatoms. The molecule has 0 aromatic heterocycles. The SMILES string of the molecule is COCC[NH2+][C@@H](C(=O)Nc1cc(Cl)cc(Cl)c1)c1ccccc1. The summed E-state index contributed by atoms with van der Waals surface area (Å²) in [6.07, 6.45) is 0. The molecule has 2 aromatic carbocycles. The molecular formula is C17H19Cl2N2O2+. The first-order chi connectivity index (χ1) is 11.1. The first-order valence-corrected chi connectivity index (χ1v) is 8.00. The number of halogens is 2. The summed E-state index contributed by atoms with van der Waals surface area (Å²) in [6, 6.07) is 14.2. The number of hydrogen-bond acceptors (Lipinski definition) is 2. The van der Waals surface area contributed by atoms with E-state index in [-0.39, 0.29) is 11.9 Å². The third kappa shape index (κ3) is 5.52. The van der Waals surface area contributed by atoms with E-state index in [9.17, 15) is 4.79 Å². The summed E-state index contributed by atoms with van der Waals surface area (Å²) in [5.41, 5.74) is 1.50. The van der Waals surface area contributed by atoms with Gasteiger partial charge in [0.15, 0.2) is 6.04 Å². The molecule has 23 heavy (non-hydrogen) atoms. The zero-order chi connectivity index (χ0) is 16.7. The van der Waals surface area contributed by atoms with Gasteiger partial charge in [-0.2, -0.15) is 0 Å². The van der Waals surface area contributed by atoms with Crippen LogP contribution in [0.5, 0.6) is 0 Å². The van der Waals surface area contributed by atoms with Gasteiger partial charge >= 0.3 is 0 Å². The van der Waals surface area contributed by atoms with Crippen LogP contribution in [-0.2, 0) is 9.53 Å². The number of anilines is 1. The molecule has 0 unspecified atom stereocenters. The van der Waals surface area contributed by atoms with Crippen LogP contribution < -0.4 is 10.6 Å². The predicted molar refractivity (Wildman–Crippen MR) is 92.9 cm³/mol. The maximum atomic E-state index is 12.7. The number of methoxy groups -OCH3 is 1. The van der Waals surface area contributed by atoms with E-state index in [2.05, 4.69) is 5.32 Å². The van der Waals surface area contributed by atoms with Gasteiger partial charge in [-0.15, -0.1) is 0 Å². The number of rotatable bonds is 7. The smallest absolute Gasteiger partial charge is 0.287 e. The van der Waals surface area contributed by atoms with Crippen molar-refractivity contribution in [3.05, 3.63) is 64.1 Å². The first kappa shape index (κ1) is 17.8. The minimum atomic E-state index is -0.371. The second kappa shape index (κ2) is 8.89. The molecule has 0 heterocycles. The molecule has 0 bridgehead atoms. The fourth-order valence-corrected chi connectivity index (χ4v) is 2.78. The van der Waals surface area contributed by atoms with Crippen LogP contribution in [-0.4, -0.2) is 26.2 Å². The Morgan fingerprint density at radius 2 is 1.83 bits per heavy atom. The summed E-state index contributed by atoms with van der Waals surface area (Å²) in [4.78, 5) is 12.7. The minimum absolute atomic E-state index is 0.134. The summed E-state index contributed by atoms with van der Waals surface area (Å²) >= 11 is 11.9. The second-order valence-corrected chi connectivity index (χ2v) is 5.93. The number of hydrogen-bond donors (Lipinski definition) is 2. The molecular weight excluding hydrogens is 335 g/mol. The zero-order valence-electron chi connectivity index (χ0n) is 12.8. The first-order valence-electron chi connectivity index (χ1n) is 7.24. The molecule has 0 radical (unpaired) electrons. The van der Waals surface area contributed by atoms with Crippen LogP contribution in [0.2, 0.25) is 10.0 Å². The van der Waals surface area contributed by atoms with Crippen LogP contribution >= 0.6 is 23.2 Å². The number of amides is 1. The monoisotopic (exact) mass is 353 g/mol. The molecule has 0 saturated carbocycles. The van der Waals surface area contributed by atoms with Crippen LogP contribution in [0, 0.1) is 0 Å². The van der Waals surface area contributed by atoms with Crippen LogP contribution in [0.4, 0.5) is 5.69 Å². The van der Waals surface area contributed by atoms with E-state index in [1.54, 1.807) is 25.3 Å². The molecule has 2 rings (SSSR count). The molecule has 3 N–H and O–H groups in total. The van der Waals surface area contributed by atoms with E-state index in [1.807, 2.05) is 35.6 Å². The second-order valence-electron chi connectivity index (χ2n) is 5.05.